The summed E-state index contributed by atoms with van der Waals surface area (Å²) in [4.78, 5) is 29.1. The minimum atomic E-state index is -3.26. The smallest absolute Gasteiger partial charge is 0.283 e. The summed E-state index contributed by atoms with van der Waals surface area (Å²) in [6, 6.07) is 5.38. The van der Waals surface area contributed by atoms with Gasteiger partial charge in [-0.3, -0.25) is 19.3 Å². The molecule has 2 aromatic heterocycles. The minimum Gasteiger partial charge on any atom is -0.366 e. The van der Waals surface area contributed by atoms with Gasteiger partial charge in [0.2, 0.25) is 5.91 Å². The number of allylic oxidation sites excluding steroid dienone is 4. The van der Waals surface area contributed by atoms with Crippen LogP contribution in [0, 0.1) is 5.82 Å². The van der Waals surface area contributed by atoms with E-state index in [0.717, 1.165) is 18.2 Å². The summed E-state index contributed by atoms with van der Waals surface area (Å²) in [5.74, 6) is -4.94. The van der Waals surface area contributed by atoms with Crippen LogP contribution in [0.25, 0.3) is 11.1 Å². The number of amides is 2. The maximum absolute atomic E-state index is 14.2. The molecule has 2 amide bonds. The number of carbonyl (C=O) groups excluding carboxylic acids is 2. The van der Waals surface area contributed by atoms with E-state index in [2.05, 4.69) is 37.9 Å². The number of hydrogen-bond acceptors (Lipinski definition) is 4. The third-order valence-corrected chi connectivity index (χ3v) is 6.73. The Labute approximate surface area is 249 Å². The van der Waals surface area contributed by atoms with Crippen LogP contribution in [0.3, 0.4) is 0 Å². The fourth-order valence-electron chi connectivity index (χ4n) is 4.16. The normalized spacial score (nSPS) is 13.0. The number of aromatic nitrogens is 3. The second-order valence-corrected chi connectivity index (χ2v) is 9.92. The van der Waals surface area contributed by atoms with Gasteiger partial charge < -0.3 is 11.1 Å². The molecule has 0 fully saturated rings. The Balaban J connectivity index is 2.07. The number of rotatable bonds is 12. The van der Waals surface area contributed by atoms with Crippen LogP contribution in [-0.4, -0.2) is 26.6 Å². The molecule has 0 saturated heterocycles. The number of carbonyl (C=O) groups is 2. The van der Waals surface area contributed by atoms with Gasteiger partial charge in [-0.2, -0.15) is 5.10 Å². The molecule has 228 valence electrons. The van der Waals surface area contributed by atoms with Gasteiger partial charge in [-0.1, -0.05) is 24.3 Å². The van der Waals surface area contributed by atoms with Crippen LogP contribution >= 0.6 is 15.9 Å². The van der Waals surface area contributed by atoms with E-state index < -0.39 is 76.1 Å². The summed E-state index contributed by atoms with van der Waals surface area (Å²) in [5.41, 5.74) is 3.83. The molecule has 2 heterocycles. The molecule has 3 N–H and O–H groups in total. The van der Waals surface area contributed by atoms with Crippen molar-refractivity contribution in [3.63, 3.8) is 0 Å². The summed E-state index contributed by atoms with van der Waals surface area (Å²) in [5, 5.41) is 6.01. The van der Waals surface area contributed by atoms with Crippen LogP contribution in [0.5, 0.6) is 0 Å². The lowest BCUT2D eigenvalue weighted by Crippen LogP contribution is -2.33. The van der Waals surface area contributed by atoms with Crippen molar-refractivity contribution in [2.75, 3.05) is 0 Å². The highest BCUT2D eigenvalue weighted by Gasteiger charge is 2.29. The minimum absolute atomic E-state index is 0.119. The van der Waals surface area contributed by atoms with Crippen LogP contribution in [0.15, 0.2) is 77.0 Å². The Morgan fingerprint density at radius 2 is 1.81 bits per heavy atom. The quantitative estimate of drug-likeness (QED) is 0.155. The Kier molecular flexibility index (Phi) is 11.0. The molecule has 0 spiro atoms. The van der Waals surface area contributed by atoms with E-state index in [9.17, 15) is 40.3 Å². The van der Waals surface area contributed by atoms with Gasteiger partial charge in [0.25, 0.3) is 18.8 Å². The van der Waals surface area contributed by atoms with E-state index in [4.69, 9.17) is 5.73 Å². The van der Waals surface area contributed by atoms with Crippen molar-refractivity contribution in [1.29, 1.82) is 0 Å². The van der Waals surface area contributed by atoms with Crippen molar-refractivity contribution in [2.45, 2.75) is 38.8 Å². The summed E-state index contributed by atoms with van der Waals surface area (Å²) < 4.78 is 95.1. The molecule has 0 unspecified atom stereocenters. The summed E-state index contributed by atoms with van der Waals surface area (Å²) in [6.07, 6.45) is -3.82. The first kappa shape index (κ1) is 33.2. The molecule has 0 aliphatic carbocycles. The zero-order valence-corrected chi connectivity index (χ0v) is 23.8. The molecular formula is C28H23BrF7N5O2. The lowest BCUT2D eigenvalue weighted by molar-refractivity contribution is -0.122. The first-order valence-electron chi connectivity index (χ1n) is 12.2. The SMILES string of the molecule is C=C(F)/C=C(F)\C=C(/C)C[C@H](NC(=O)Cn1nc(C(F)F)c(Br)c1C(F)F)c1ncccc1-c1ccc(F)c(C(N)=O)c1. The van der Waals surface area contributed by atoms with Crippen LogP contribution in [0.2, 0.25) is 0 Å². The maximum atomic E-state index is 14.2. The average molecular weight is 674 g/mol. The van der Waals surface area contributed by atoms with Gasteiger partial charge in [-0.25, -0.2) is 30.7 Å². The van der Waals surface area contributed by atoms with Crippen LogP contribution in [0.1, 0.15) is 59.7 Å². The average Bonchev–Trinajstić information content (AvgIpc) is 3.23. The largest absolute Gasteiger partial charge is 0.366 e. The van der Waals surface area contributed by atoms with Crippen molar-refractivity contribution in [3.05, 3.63) is 105 Å². The standard InChI is InChI=1S/C28H23BrF7N5O2/c1-13(8-16(31)10-14(2)30)9-20(39-21(42)12-41-25(27(35)36)22(29)24(40-41)26(33)34)23-17(4-3-7-38-23)15-5-6-19(32)18(11-15)28(37)43/h3-8,10-11,20,26-27H,2,9,12H2,1H3,(H2,37,43)(H,39,42)/b13-8+,16-10+/t20-/m0/s1. The topological polar surface area (TPSA) is 103 Å². The van der Waals surface area contributed by atoms with E-state index in [0.29, 0.717) is 10.8 Å². The van der Waals surface area contributed by atoms with Gasteiger partial charge in [0, 0.05) is 17.8 Å². The Morgan fingerprint density at radius 3 is 2.42 bits per heavy atom. The molecule has 43 heavy (non-hydrogen) atoms. The van der Waals surface area contributed by atoms with Gasteiger partial charge >= 0.3 is 0 Å². The highest BCUT2D eigenvalue weighted by Crippen LogP contribution is 2.35. The molecule has 1 aromatic carbocycles. The third kappa shape index (κ3) is 8.40. The predicted octanol–water partition coefficient (Wildman–Crippen LogP) is 7.35. The molecule has 0 aliphatic heterocycles. The van der Waals surface area contributed by atoms with Gasteiger partial charge in [0.1, 0.15) is 35.4 Å². The van der Waals surface area contributed by atoms with Crippen molar-refractivity contribution in [3.8, 4) is 11.1 Å². The van der Waals surface area contributed by atoms with Crippen molar-refractivity contribution < 1.29 is 40.3 Å². The third-order valence-electron chi connectivity index (χ3n) is 5.91. The first-order chi connectivity index (χ1) is 20.2. The number of pyridine rings is 1. The lowest BCUT2D eigenvalue weighted by atomic mass is 9.94. The van der Waals surface area contributed by atoms with E-state index in [1.165, 1.54) is 31.3 Å². The molecule has 0 bridgehead atoms. The summed E-state index contributed by atoms with van der Waals surface area (Å²) in [7, 11) is 0. The fraction of sp³-hybridized carbons (Fsp3) is 0.214. The molecular weight excluding hydrogens is 651 g/mol. The number of hydrogen-bond donors (Lipinski definition) is 2. The van der Waals surface area contributed by atoms with Crippen molar-refractivity contribution in [2.24, 2.45) is 5.73 Å². The van der Waals surface area contributed by atoms with Crippen LogP contribution in [0.4, 0.5) is 30.7 Å². The number of benzene rings is 1. The number of primary amides is 1. The zero-order valence-electron chi connectivity index (χ0n) is 22.2. The highest BCUT2D eigenvalue weighted by atomic mass is 79.9. The van der Waals surface area contributed by atoms with Crippen molar-refractivity contribution in [1.82, 2.24) is 20.1 Å². The maximum Gasteiger partial charge on any atom is 0.283 e. The Hall–Kier alpha value is -4.27. The highest BCUT2D eigenvalue weighted by molar-refractivity contribution is 9.10. The second-order valence-electron chi connectivity index (χ2n) is 9.13. The predicted molar refractivity (Wildman–Crippen MR) is 147 cm³/mol. The van der Waals surface area contributed by atoms with E-state index in [1.54, 1.807) is 0 Å². The summed E-state index contributed by atoms with van der Waals surface area (Å²) in [6.45, 7) is 3.49. The molecule has 0 aliphatic rings. The van der Waals surface area contributed by atoms with Crippen LogP contribution in [-0.2, 0) is 11.3 Å². The van der Waals surface area contributed by atoms with Gasteiger partial charge in [-0.05, 0) is 59.1 Å². The Morgan fingerprint density at radius 1 is 1.12 bits per heavy atom. The molecule has 1 atom stereocenters. The monoisotopic (exact) mass is 673 g/mol. The van der Waals surface area contributed by atoms with Crippen molar-refractivity contribution >= 4 is 27.7 Å². The second kappa shape index (κ2) is 14.3. The zero-order chi connectivity index (χ0) is 32.0. The number of nitrogens with two attached hydrogens (primary N) is 1. The molecule has 7 nitrogen and oxygen atoms in total. The summed E-state index contributed by atoms with van der Waals surface area (Å²) >= 11 is 2.68. The molecule has 3 aromatic rings. The van der Waals surface area contributed by atoms with E-state index >= 15 is 0 Å². The molecule has 0 radical (unpaired) electrons. The van der Waals surface area contributed by atoms with E-state index in [-0.39, 0.29) is 28.8 Å². The number of halogens is 8. The van der Waals surface area contributed by atoms with Crippen LogP contribution < -0.4 is 11.1 Å². The van der Waals surface area contributed by atoms with Gasteiger partial charge in [-0.15, -0.1) is 0 Å². The lowest BCUT2D eigenvalue weighted by Gasteiger charge is -2.22. The number of alkyl halides is 4. The number of nitrogens with one attached hydrogen (secondary N) is 1. The first-order valence-corrected chi connectivity index (χ1v) is 13.0. The molecule has 0 saturated carbocycles. The molecule has 15 heteroatoms. The van der Waals surface area contributed by atoms with Gasteiger partial charge in [0.05, 0.1) is 21.8 Å². The molecule has 3 rings (SSSR count). The number of nitrogens with zero attached hydrogens (tertiary/aromatic N) is 3. The Bertz CT molecular complexity index is 1600. The fourth-order valence-corrected chi connectivity index (χ4v) is 4.79. The van der Waals surface area contributed by atoms with E-state index in [1.807, 2.05) is 0 Å². The van der Waals surface area contributed by atoms with Gasteiger partial charge in [0.15, 0.2) is 0 Å².